The summed E-state index contributed by atoms with van der Waals surface area (Å²) in [5.41, 5.74) is 2.86. The highest BCUT2D eigenvalue weighted by atomic mass is 79.9. The smallest absolute Gasteiger partial charge is 0.287 e. The zero-order valence-electron chi connectivity index (χ0n) is 14.4. The third-order valence-corrected chi connectivity index (χ3v) is 4.67. The molecular formula is C20H21BrN2O2. The summed E-state index contributed by atoms with van der Waals surface area (Å²) in [4.78, 5) is 14.6. The van der Waals surface area contributed by atoms with Crippen LogP contribution in [-0.2, 0) is 6.54 Å². The van der Waals surface area contributed by atoms with Crippen molar-refractivity contribution in [3.05, 3.63) is 69.9 Å². The van der Waals surface area contributed by atoms with Crippen molar-refractivity contribution in [2.24, 2.45) is 0 Å². The van der Waals surface area contributed by atoms with E-state index in [4.69, 9.17) is 4.42 Å². The Kier molecular flexibility index (Phi) is 5.56. The van der Waals surface area contributed by atoms with Crippen LogP contribution in [-0.4, -0.2) is 30.9 Å². The average molecular weight is 401 g/mol. The van der Waals surface area contributed by atoms with Gasteiger partial charge in [0, 0.05) is 35.1 Å². The second-order valence-corrected chi connectivity index (χ2v) is 7.09. The zero-order chi connectivity index (χ0) is 17.8. The fourth-order valence-electron chi connectivity index (χ4n) is 2.82. The molecule has 130 valence electrons. The highest BCUT2D eigenvalue weighted by molar-refractivity contribution is 9.10. The summed E-state index contributed by atoms with van der Waals surface area (Å²) < 4.78 is 6.69. The molecule has 1 amide bonds. The van der Waals surface area contributed by atoms with E-state index in [0.29, 0.717) is 12.3 Å². The predicted octanol–water partition coefficient (Wildman–Crippen LogP) is 4.37. The van der Waals surface area contributed by atoms with Crippen molar-refractivity contribution in [1.82, 2.24) is 10.2 Å². The lowest BCUT2D eigenvalue weighted by Gasteiger charge is -2.16. The number of hydrogen-bond donors (Lipinski definition) is 1. The Balaban J connectivity index is 1.57. The van der Waals surface area contributed by atoms with Crippen molar-refractivity contribution in [3.8, 4) is 0 Å². The number of benzene rings is 2. The molecule has 0 radical (unpaired) electrons. The van der Waals surface area contributed by atoms with Gasteiger partial charge in [0.25, 0.3) is 5.91 Å². The Labute approximate surface area is 155 Å². The van der Waals surface area contributed by atoms with E-state index in [0.717, 1.165) is 34.1 Å². The number of amides is 1. The van der Waals surface area contributed by atoms with Crippen LogP contribution in [0.4, 0.5) is 0 Å². The molecule has 0 aliphatic rings. The molecule has 0 unspecified atom stereocenters. The standard InChI is InChI=1S/C20H21BrN2O2/c1-14-17-12-16(21)8-9-18(17)25-19(14)20(24)22-10-11-23(2)13-15-6-4-3-5-7-15/h3-9,12H,10-11,13H2,1-2H3,(H,22,24). The van der Waals surface area contributed by atoms with Crippen LogP contribution in [0.3, 0.4) is 0 Å². The largest absolute Gasteiger partial charge is 0.451 e. The fraction of sp³-hybridized carbons (Fsp3) is 0.250. The number of halogens is 1. The molecule has 1 heterocycles. The molecule has 0 saturated carbocycles. The monoisotopic (exact) mass is 400 g/mol. The third-order valence-electron chi connectivity index (χ3n) is 4.18. The number of carbonyl (C=O) groups excluding carboxylic acids is 1. The minimum atomic E-state index is -0.169. The van der Waals surface area contributed by atoms with Gasteiger partial charge in [-0.2, -0.15) is 0 Å². The van der Waals surface area contributed by atoms with Crippen LogP contribution in [0.15, 0.2) is 57.4 Å². The molecule has 1 aromatic heterocycles. The van der Waals surface area contributed by atoms with Crippen LogP contribution in [0.2, 0.25) is 0 Å². The van der Waals surface area contributed by atoms with Crippen molar-refractivity contribution in [1.29, 1.82) is 0 Å². The van der Waals surface area contributed by atoms with Gasteiger partial charge in [-0.25, -0.2) is 0 Å². The maximum absolute atomic E-state index is 12.4. The van der Waals surface area contributed by atoms with E-state index in [1.807, 2.05) is 50.4 Å². The Morgan fingerprint density at radius 1 is 1.20 bits per heavy atom. The molecule has 3 aromatic rings. The van der Waals surface area contributed by atoms with Gasteiger partial charge < -0.3 is 14.6 Å². The first-order chi connectivity index (χ1) is 12.0. The van der Waals surface area contributed by atoms with Crippen molar-refractivity contribution < 1.29 is 9.21 Å². The first kappa shape index (κ1) is 17.7. The summed E-state index contributed by atoms with van der Waals surface area (Å²) in [6.45, 7) is 4.11. The van der Waals surface area contributed by atoms with E-state index in [1.54, 1.807) is 0 Å². The summed E-state index contributed by atoms with van der Waals surface area (Å²) in [5.74, 6) is 0.219. The molecule has 0 atom stereocenters. The van der Waals surface area contributed by atoms with Gasteiger partial charge in [-0.1, -0.05) is 46.3 Å². The summed E-state index contributed by atoms with van der Waals surface area (Å²) in [6, 6.07) is 16.0. The fourth-order valence-corrected chi connectivity index (χ4v) is 3.19. The number of aryl methyl sites for hydroxylation is 1. The molecule has 0 aliphatic heterocycles. The van der Waals surface area contributed by atoms with E-state index >= 15 is 0 Å². The highest BCUT2D eigenvalue weighted by Crippen LogP contribution is 2.27. The normalized spacial score (nSPS) is 11.2. The number of nitrogens with zero attached hydrogens (tertiary/aromatic N) is 1. The number of furan rings is 1. The number of nitrogens with one attached hydrogen (secondary N) is 1. The maximum atomic E-state index is 12.4. The van der Waals surface area contributed by atoms with Crippen LogP contribution in [0, 0.1) is 6.92 Å². The molecule has 0 bridgehead atoms. The van der Waals surface area contributed by atoms with Crippen LogP contribution >= 0.6 is 15.9 Å². The van der Waals surface area contributed by atoms with Gasteiger partial charge in [0.05, 0.1) is 0 Å². The molecule has 25 heavy (non-hydrogen) atoms. The molecule has 0 aliphatic carbocycles. The summed E-state index contributed by atoms with van der Waals surface area (Å²) in [5, 5.41) is 3.90. The van der Waals surface area contributed by atoms with E-state index in [1.165, 1.54) is 5.56 Å². The topological polar surface area (TPSA) is 45.5 Å². The molecule has 2 aromatic carbocycles. The first-order valence-corrected chi connectivity index (χ1v) is 9.03. The van der Waals surface area contributed by atoms with Crippen LogP contribution < -0.4 is 5.32 Å². The number of hydrogen-bond acceptors (Lipinski definition) is 3. The molecule has 4 nitrogen and oxygen atoms in total. The molecule has 0 spiro atoms. The van der Waals surface area contributed by atoms with Gasteiger partial charge in [-0.15, -0.1) is 0 Å². The van der Waals surface area contributed by atoms with Gasteiger partial charge >= 0.3 is 0 Å². The van der Waals surface area contributed by atoms with Gasteiger partial charge in [-0.3, -0.25) is 4.79 Å². The van der Waals surface area contributed by atoms with Crippen molar-refractivity contribution in [2.45, 2.75) is 13.5 Å². The second kappa shape index (κ2) is 7.85. The van der Waals surface area contributed by atoms with Gasteiger partial charge in [0.15, 0.2) is 5.76 Å². The molecule has 5 heteroatoms. The Hall–Kier alpha value is -2.11. The number of fused-ring (bicyclic) bond motifs is 1. The predicted molar refractivity (Wildman–Crippen MR) is 104 cm³/mol. The van der Waals surface area contributed by atoms with Gasteiger partial charge in [0.1, 0.15) is 5.58 Å². The van der Waals surface area contributed by atoms with Gasteiger partial charge in [0.2, 0.25) is 0 Å². The number of likely N-dealkylation sites (N-methyl/N-ethyl adjacent to an activating group) is 1. The quantitative estimate of drug-likeness (QED) is 0.668. The first-order valence-electron chi connectivity index (χ1n) is 8.24. The lowest BCUT2D eigenvalue weighted by atomic mass is 10.1. The zero-order valence-corrected chi connectivity index (χ0v) is 16.0. The number of rotatable bonds is 6. The van der Waals surface area contributed by atoms with Crippen LogP contribution in [0.1, 0.15) is 21.7 Å². The van der Waals surface area contributed by atoms with Crippen molar-refractivity contribution in [3.63, 3.8) is 0 Å². The summed E-state index contributed by atoms with van der Waals surface area (Å²) in [6.07, 6.45) is 0. The minimum absolute atomic E-state index is 0.169. The van der Waals surface area contributed by atoms with Crippen molar-refractivity contribution in [2.75, 3.05) is 20.1 Å². The van der Waals surface area contributed by atoms with E-state index < -0.39 is 0 Å². The highest BCUT2D eigenvalue weighted by Gasteiger charge is 2.17. The average Bonchev–Trinajstić information content (AvgIpc) is 2.92. The van der Waals surface area contributed by atoms with E-state index in [-0.39, 0.29) is 5.91 Å². The molecule has 3 rings (SSSR count). The number of carbonyl (C=O) groups is 1. The molecular weight excluding hydrogens is 380 g/mol. The van der Waals surface area contributed by atoms with Crippen molar-refractivity contribution >= 4 is 32.8 Å². The van der Waals surface area contributed by atoms with E-state index in [2.05, 4.69) is 38.3 Å². The summed E-state index contributed by atoms with van der Waals surface area (Å²) in [7, 11) is 2.04. The lowest BCUT2D eigenvalue weighted by molar-refractivity contribution is 0.0923. The SMILES string of the molecule is Cc1c(C(=O)NCCN(C)Cc2ccccc2)oc2ccc(Br)cc12. The Bertz CT molecular complexity index is 874. The Morgan fingerprint density at radius 2 is 1.96 bits per heavy atom. The van der Waals surface area contributed by atoms with Gasteiger partial charge in [-0.05, 0) is 37.7 Å². The Morgan fingerprint density at radius 3 is 2.72 bits per heavy atom. The molecule has 1 N–H and O–H groups in total. The van der Waals surface area contributed by atoms with Crippen LogP contribution in [0.25, 0.3) is 11.0 Å². The maximum Gasteiger partial charge on any atom is 0.287 e. The summed E-state index contributed by atoms with van der Waals surface area (Å²) >= 11 is 3.45. The van der Waals surface area contributed by atoms with E-state index in [9.17, 15) is 4.79 Å². The minimum Gasteiger partial charge on any atom is -0.451 e. The third kappa shape index (κ3) is 4.30. The second-order valence-electron chi connectivity index (χ2n) is 6.18. The lowest BCUT2D eigenvalue weighted by Crippen LogP contribution is -2.32. The molecule has 0 saturated heterocycles. The van der Waals surface area contributed by atoms with Crippen LogP contribution in [0.5, 0.6) is 0 Å². The molecule has 0 fully saturated rings.